The van der Waals surface area contributed by atoms with Crippen molar-refractivity contribution in [2.24, 2.45) is 4.99 Å². The summed E-state index contributed by atoms with van der Waals surface area (Å²) in [4.78, 5) is 9.96. The van der Waals surface area contributed by atoms with Gasteiger partial charge in [0.1, 0.15) is 0 Å². The highest BCUT2D eigenvalue weighted by Gasteiger charge is 2.04. The lowest BCUT2D eigenvalue weighted by atomic mass is 10.3. The number of aliphatic imine (C=N–C) groups is 1. The molecule has 1 aromatic heterocycles. The van der Waals surface area contributed by atoms with Crippen molar-refractivity contribution in [3.05, 3.63) is 16.1 Å². The van der Waals surface area contributed by atoms with Gasteiger partial charge in [-0.15, -0.1) is 11.3 Å². The Labute approximate surface area is 114 Å². The van der Waals surface area contributed by atoms with Crippen LogP contribution in [0.2, 0.25) is 0 Å². The number of nitrogens with one attached hydrogen (secondary N) is 2. The lowest BCUT2D eigenvalue weighted by molar-refractivity contribution is 0.624. The maximum Gasteiger partial charge on any atom is 0.191 e. The molecule has 0 fully saturated rings. The minimum absolute atomic E-state index is 0.447. The third-order valence-corrected chi connectivity index (χ3v) is 4.00. The predicted molar refractivity (Wildman–Crippen MR) is 79.4 cm³/mol. The number of hydrogen-bond donors (Lipinski definition) is 2. The van der Waals surface area contributed by atoms with Crippen molar-refractivity contribution in [2.45, 2.75) is 46.1 Å². The van der Waals surface area contributed by atoms with E-state index in [9.17, 15) is 0 Å². The Morgan fingerprint density at radius 1 is 1.50 bits per heavy atom. The van der Waals surface area contributed by atoms with Gasteiger partial charge in [0, 0.05) is 37.1 Å². The number of rotatable bonds is 6. The number of thiazole rings is 1. The highest BCUT2D eigenvalue weighted by Crippen LogP contribution is 2.13. The average molecular weight is 268 g/mol. The predicted octanol–water partition coefficient (Wildman–Crippen LogP) is 2.21. The molecule has 0 aliphatic heterocycles. The van der Waals surface area contributed by atoms with Crippen molar-refractivity contribution >= 4 is 17.3 Å². The number of aromatic nitrogens is 1. The molecule has 102 valence electrons. The lowest BCUT2D eigenvalue weighted by Crippen LogP contribution is -2.42. The molecule has 1 rings (SSSR count). The zero-order valence-corrected chi connectivity index (χ0v) is 12.6. The standard InChI is InChI=1S/C13H24N4S/c1-5-10(3)17-13(14-4)15-8-7-12-16-9-11(6-2)18-12/h9-10H,5-8H2,1-4H3,(H2,14,15,17). The van der Waals surface area contributed by atoms with Crippen molar-refractivity contribution < 1.29 is 0 Å². The Bertz CT molecular complexity index is 373. The molecule has 0 bridgehead atoms. The molecule has 0 amide bonds. The fraction of sp³-hybridized carbons (Fsp3) is 0.692. The topological polar surface area (TPSA) is 49.3 Å². The second-order valence-corrected chi connectivity index (χ2v) is 5.48. The summed E-state index contributed by atoms with van der Waals surface area (Å²) in [5, 5.41) is 7.85. The number of nitrogens with zero attached hydrogens (tertiary/aromatic N) is 2. The molecule has 5 heteroatoms. The van der Waals surface area contributed by atoms with Crippen LogP contribution in [0.3, 0.4) is 0 Å². The molecule has 0 saturated carbocycles. The van der Waals surface area contributed by atoms with Gasteiger partial charge in [-0.3, -0.25) is 4.99 Å². The van der Waals surface area contributed by atoms with Crippen LogP contribution in [-0.4, -0.2) is 30.6 Å². The second-order valence-electron chi connectivity index (χ2n) is 4.28. The van der Waals surface area contributed by atoms with E-state index in [1.54, 1.807) is 18.4 Å². The molecule has 2 N–H and O–H groups in total. The van der Waals surface area contributed by atoms with E-state index in [4.69, 9.17) is 0 Å². The summed E-state index contributed by atoms with van der Waals surface area (Å²) in [6.45, 7) is 7.34. The molecule has 1 unspecified atom stereocenters. The van der Waals surface area contributed by atoms with Gasteiger partial charge in [-0.1, -0.05) is 13.8 Å². The number of aryl methyl sites for hydroxylation is 1. The maximum absolute atomic E-state index is 4.41. The van der Waals surface area contributed by atoms with Crippen molar-refractivity contribution in [1.82, 2.24) is 15.6 Å². The van der Waals surface area contributed by atoms with Crippen LogP contribution in [0.15, 0.2) is 11.2 Å². The summed E-state index contributed by atoms with van der Waals surface area (Å²) in [7, 11) is 1.80. The van der Waals surface area contributed by atoms with Crippen LogP contribution < -0.4 is 10.6 Å². The Morgan fingerprint density at radius 3 is 2.83 bits per heavy atom. The monoisotopic (exact) mass is 268 g/mol. The van der Waals surface area contributed by atoms with Gasteiger partial charge in [0.05, 0.1) is 5.01 Å². The van der Waals surface area contributed by atoms with Crippen LogP contribution in [0.5, 0.6) is 0 Å². The summed E-state index contributed by atoms with van der Waals surface area (Å²) in [5.41, 5.74) is 0. The van der Waals surface area contributed by atoms with E-state index < -0.39 is 0 Å². The van der Waals surface area contributed by atoms with Gasteiger partial charge in [0.25, 0.3) is 0 Å². The molecule has 0 aromatic carbocycles. The zero-order valence-electron chi connectivity index (χ0n) is 11.8. The van der Waals surface area contributed by atoms with Crippen LogP contribution in [0.1, 0.15) is 37.1 Å². The van der Waals surface area contributed by atoms with E-state index in [0.717, 1.165) is 31.8 Å². The van der Waals surface area contributed by atoms with Gasteiger partial charge in [0.2, 0.25) is 0 Å². The average Bonchev–Trinajstić information content (AvgIpc) is 2.85. The Hall–Kier alpha value is -1.10. The SMILES string of the molecule is CCc1cnc(CCNC(=NC)NC(C)CC)s1. The van der Waals surface area contributed by atoms with E-state index in [1.807, 2.05) is 6.20 Å². The van der Waals surface area contributed by atoms with Crippen molar-refractivity contribution in [3.63, 3.8) is 0 Å². The van der Waals surface area contributed by atoms with Gasteiger partial charge in [0.15, 0.2) is 5.96 Å². The molecule has 0 spiro atoms. The van der Waals surface area contributed by atoms with E-state index in [-0.39, 0.29) is 0 Å². The third-order valence-electron chi connectivity index (χ3n) is 2.80. The van der Waals surface area contributed by atoms with Crippen molar-refractivity contribution in [3.8, 4) is 0 Å². The van der Waals surface area contributed by atoms with E-state index in [1.165, 1.54) is 9.88 Å². The van der Waals surface area contributed by atoms with Crippen LogP contribution >= 0.6 is 11.3 Å². The highest BCUT2D eigenvalue weighted by atomic mass is 32.1. The quantitative estimate of drug-likeness (QED) is 0.614. The first-order valence-electron chi connectivity index (χ1n) is 6.60. The lowest BCUT2D eigenvalue weighted by Gasteiger charge is -2.15. The summed E-state index contributed by atoms with van der Waals surface area (Å²) < 4.78 is 0. The fourth-order valence-corrected chi connectivity index (χ4v) is 2.31. The van der Waals surface area contributed by atoms with E-state index in [0.29, 0.717) is 6.04 Å². The molecule has 0 aliphatic rings. The molecule has 1 atom stereocenters. The van der Waals surface area contributed by atoms with Gasteiger partial charge in [-0.25, -0.2) is 4.98 Å². The minimum Gasteiger partial charge on any atom is -0.356 e. The molecule has 4 nitrogen and oxygen atoms in total. The third kappa shape index (κ3) is 5.04. The van der Waals surface area contributed by atoms with E-state index >= 15 is 0 Å². The molecular formula is C13H24N4S. The molecule has 18 heavy (non-hydrogen) atoms. The van der Waals surface area contributed by atoms with Crippen LogP contribution in [0.4, 0.5) is 0 Å². The summed E-state index contributed by atoms with van der Waals surface area (Å²) in [6, 6.07) is 0.447. The van der Waals surface area contributed by atoms with E-state index in [2.05, 4.69) is 41.4 Å². The van der Waals surface area contributed by atoms with Crippen LogP contribution in [0.25, 0.3) is 0 Å². The fourth-order valence-electron chi connectivity index (χ4n) is 1.44. The first-order valence-corrected chi connectivity index (χ1v) is 7.42. The Balaban J connectivity index is 2.31. The number of hydrogen-bond acceptors (Lipinski definition) is 3. The summed E-state index contributed by atoms with van der Waals surface area (Å²) in [6.07, 6.45) is 5.09. The normalized spacial score (nSPS) is 13.4. The summed E-state index contributed by atoms with van der Waals surface area (Å²) in [5.74, 6) is 0.872. The largest absolute Gasteiger partial charge is 0.356 e. The van der Waals surface area contributed by atoms with Gasteiger partial charge in [-0.2, -0.15) is 0 Å². The van der Waals surface area contributed by atoms with Gasteiger partial charge >= 0.3 is 0 Å². The molecule has 0 saturated heterocycles. The first kappa shape index (κ1) is 15.0. The van der Waals surface area contributed by atoms with Crippen LogP contribution in [-0.2, 0) is 12.8 Å². The van der Waals surface area contributed by atoms with Crippen molar-refractivity contribution in [2.75, 3.05) is 13.6 Å². The summed E-state index contributed by atoms with van der Waals surface area (Å²) >= 11 is 1.80. The van der Waals surface area contributed by atoms with Gasteiger partial charge < -0.3 is 10.6 Å². The number of guanidine groups is 1. The molecular weight excluding hydrogens is 244 g/mol. The first-order chi connectivity index (χ1) is 8.69. The molecule has 0 radical (unpaired) electrons. The second kappa shape index (κ2) is 8.08. The minimum atomic E-state index is 0.447. The van der Waals surface area contributed by atoms with Crippen LogP contribution in [0, 0.1) is 0 Å². The maximum atomic E-state index is 4.41. The smallest absolute Gasteiger partial charge is 0.191 e. The molecule has 0 aliphatic carbocycles. The molecule has 1 aromatic rings. The Morgan fingerprint density at radius 2 is 2.28 bits per heavy atom. The Kier molecular flexibility index (Phi) is 6.72. The van der Waals surface area contributed by atoms with Gasteiger partial charge in [-0.05, 0) is 19.8 Å². The van der Waals surface area contributed by atoms with Crippen molar-refractivity contribution in [1.29, 1.82) is 0 Å². The molecule has 1 heterocycles. The highest BCUT2D eigenvalue weighted by molar-refractivity contribution is 7.11. The zero-order chi connectivity index (χ0) is 13.4.